The van der Waals surface area contributed by atoms with Gasteiger partial charge in [0, 0.05) is 62.1 Å². The number of benzene rings is 2. The van der Waals surface area contributed by atoms with Crippen molar-refractivity contribution in [1.29, 1.82) is 0 Å². The molecule has 0 aliphatic carbocycles. The van der Waals surface area contributed by atoms with Crippen LogP contribution >= 0.6 is 18.9 Å². The monoisotopic (exact) mass is 827 g/mol. The summed E-state index contributed by atoms with van der Waals surface area (Å²) in [6.45, 7) is 3.61. The number of methoxy groups -OCH3 is 1. The molecule has 7 rings (SSSR count). The molecule has 0 bridgehead atoms. The summed E-state index contributed by atoms with van der Waals surface area (Å²) < 4.78 is 32.1. The van der Waals surface area contributed by atoms with Crippen LogP contribution in [0.5, 0.6) is 5.75 Å². The molecule has 2 unspecified atom stereocenters. The zero-order chi connectivity index (χ0) is 40.6. The van der Waals surface area contributed by atoms with Gasteiger partial charge in [0.2, 0.25) is 11.8 Å². The molecule has 3 fully saturated rings. The van der Waals surface area contributed by atoms with E-state index in [9.17, 15) is 23.7 Å². The van der Waals surface area contributed by atoms with Crippen LogP contribution in [0.4, 0.5) is 0 Å². The van der Waals surface area contributed by atoms with Gasteiger partial charge in [0.1, 0.15) is 17.8 Å². The standard InChI is InChI=1S/C43H50N5O8PS/c1-3-20-55-43(52)36(18-21-54-2)46-57(53,56-35-12-5-4-6-13-35)28-29-14-17-38-32(22-29)23-39(58-38)40(49)45-25-31-9-7-11-34-15-16-37(48(34)41(31)50)42(51)47-26-33(27-47)30-10-8-19-44-24-30/h4-6,8,10,12-14,17,19,22-25,31,33-34,36-37H,3,7,9,11,15-16,18,20-21,26-28H2,1-2H3,(H,46,53)/t31?,34-,36-,37-,57?/m0/s1. The van der Waals surface area contributed by atoms with Gasteiger partial charge in [-0.3, -0.25) is 28.7 Å². The summed E-state index contributed by atoms with van der Waals surface area (Å²) in [5.74, 6) is -1.10. The van der Waals surface area contributed by atoms with Crippen LogP contribution in [0.25, 0.3) is 10.1 Å². The highest BCUT2D eigenvalue weighted by Gasteiger charge is 2.47. The average Bonchev–Trinajstić information content (AvgIpc) is 3.80. The van der Waals surface area contributed by atoms with E-state index in [-0.39, 0.29) is 49.6 Å². The lowest BCUT2D eigenvalue weighted by Crippen LogP contribution is -2.57. The Kier molecular flexibility index (Phi) is 13.5. The maximum absolute atomic E-state index is 14.6. The van der Waals surface area contributed by atoms with Crippen molar-refractivity contribution in [2.45, 2.75) is 82.1 Å². The number of likely N-dealkylation sites (tertiary alicyclic amines) is 1. The third-order valence-electron chi connectivity index (χ3n) is 11.0. The second-order valence-corrected chi connectivity index (χ2v) is 18.4. The summed E-state index contributed by atoms with van der Waals surface area (Å²) in [6.07, 6.45) is 9.49. The van der Waals surface area contributed by atoms with E-state index in [1.165, 1.54) is 24.7 Å². The number of nitrogens with zero attached hydrogens (tertiary/aromatic N) is 4. The minimum absolute atomic E-state index is 0.00606. The van der Waals surface area contributed by atoms with Crippen molar-refractivity contribution in [2.24, 2.45) is 10.9 Å². The molecule has 1 N–H and O–H groups in total. The van der Waals surface area contributed by atoms with Gasteiger partial charge in [-0.25, -0.2) is 10.1 Å². The highest BCUT2D eigenvalue weighted by Crippen LogP contribution is 2.48. The molecule has 0 spiro atoms. The van der Waals surface area contributed by atoms with Crippen LogP contribution in [0.15, 0.2) is 84.1 Å². The molecule has 13 nitrogen and oxygen atoms in total. The number of para-hydroxylation sites is 1. The number of pyridine rings is 1. The number of rotatable bonds is 16. The molecule has 3 aliphatic heterocycles. The summed E-state index contributed by atoms with van der Waals surface area (Å²) in [7, 11) is -2.24. The lowest BCUT2D eigenvalue weighted by molar-refractivity contribution is -0.148. The topological polar surface area (TPSA) is 157 Å². The first-order valence-electron chi connectivity index (χ1n) is 20.0. The Morgan fingerprint density at radius 2 is 1.86 bits per heavy atom. The lowest BCUT2D eigenvalue weighted by Gasteiger charge is -2.42. The van der Waals surface area contributed by atoms with Crippen LogP contribution in [0.2, 0.25) is 0 Å². The molecule has 3 aliphatic rings. The average molecular weight is 828 g/mol. The molecule has 15 heteroatoms. The molecule has 2 aromatic carbocycles. The Balaban J connectivity index is 1.03. The number of aliphatic imine (C=N–C) groups is 1. The number of carbonyl (C=O) groups excluding carboxylic acids is 4. The number of thiophene rings is 1. The minimum atomic E-state index is -3.77. The zero-order valence-corrected chi connectivity index (χ0v) is 34.6. The van der Waals surface area contributed by atoms with Gasteiger partial charge < -0.3 is 23.8 Å². The SMILES string of the molecule is CCCOC(=O)[C@H](CCOC)NP(=O)(Cc1ccc2sc(C(=O)N=CC3CCC[C@H]4CC[C@@H](C(=O)N5CC(c6cccnc6)C5)N4C3=O)cc2c1)Oc1ccccc1. The van der Waals surface area contributed by atoms with Crippen molar-refractivity contribution in [2.75, 3.05) is 33.4 Å². The number of amides is 3. The zero-order valence-electron chi connectivity index (χ0n) is 32.9. The van der Waals surface area contributed by atoms with Crippen molar-refractivity contribution in [3.05, 3.63) is 95.1 Å². The Morgan fingerprint density at radius 3 is 2.62 bits per heavy atom. The van der Waals surface area contributed by atoms with Gasteiger partial charge in [0.05, 0.1) is 23.6 Å². The summed E-state index contributed by atoms with van der Waals surface area (Å²) in [5.41, 5.74) is 1.79. The van der Waals surface area contributed by atoms with Crippen molar-refractivity contribution in [1.82, 2.24) is 19.9 Å². The Bertz CT molecular complexity index is 2160. The molecule has 58 heavy (non-hydrogen) atoms. The third kappa shape index (κ3) is 9.74. The number of ether oxygens (including phenoxy) is 2. The molecular weight excluding hydrogens is 778 g/mol. The Hall–Kier alpha value is -4.75. The van der Waals surface area contributed by atoms with Gasteiger partial charge in [-0.15, -0.1) is 11.3 Å². The Labute approximate surface area is 342 Å². The third-order valence-corrected chi connectivity index (χ3v) is 14.1. The van der Waals surface area contributed by atoms with Crippen LogP contribution < -0.4 is 9.61 Å². The largest absolute Gasteiger partial charge is 0.465 e. The predicted molar refractivity (Wildman–Crippen MR) is 222 cm³/mol. The van der Waals surface area contributed by atoms with E-state index in [0.717, 1.165) is 34.9 Å². The van der Waals surface area contributed by atoms with Gasteiger partial charge in [-0.05, 0) is 91.4 Å². The van der Waals surface area contributed by atoms with E-state index in [1.54, 1.807) is 41.4 Å². The molecule has 306 valence electrons. The molecule has 2 aromatic heterocycles. The normalized spacial score (nSPS) is 21.3. The van der Waals surface area contributed by atoms with E-state index in [4.69, 9.17) is 14.0 Å². The second kappa shape index (κ2) is 18.9. The number of esters is 1. The van der Waals surface area contributed by atoms with Crippen molar-refractivity contribution < 1.29 is 37.7 Å². The van der Waals surface area contributed by atoms with Crippen LogP contribution in [-0.4, -0.2) is 96.2 Å². The predicted octanol–water partition coefficient (Wildman–Crippen LogP) is 7.01. The van der Waals surface area contributed by atoms with Gasteiger partial charge >= 0.3 is 13.5 Å². The molecule has 3 saturated heterocycles. The fourth-order valence-electron chi connectivity index (χ4n) is 7.99. The van der Waals surface area contributed by atoms with Crippen LogP contribution in [0.1, 0.15) is 78.6 Å². The van der Waals surface area contributed by atoms with Gasteiger partial charge in [-0.2, -0.15) is 0 Å². The number of hydrogen-bond donors (Lipinski definition) is 1. The number of carbonyl (C=O) groups is 4. The molecule has 5 heterocycles. The molecule has 5 atom stereocenters. The molecule has 4 aromatic rings. The van der Waals surface area contributed by atoms with Crippen molar-refractivity contribution in [3.8, 4) is 5.75 Å². The first-order chi connectivity index (χ1) is 28.1. The quantitative estimate of drug-likeness (QED) is 0.0708. The summed E-state index contributed by atoms with van der Waals surface area (Å²) in [4.78, 5) is 66.7. The first-order valence-corrected chi connectivity index (χ1v) is 22.7. The fourth-order valence-corrected chi connectivity index (χ4v) is 11.0. The van der Waals surface area contributed by atoms with Crippen molar-refractivity contribution in [3.63, 3.8) is 0 Å². The smallest absolute Gasteiger partial charge is 0.323 e. The van der Waals surface area contributed by atoms with E-state index in [2.05, 4.69) is 15.1 Å². The van der Waals surface area contributed by atoms with Gasteiger partial charge in [-0.1, -0.05) is 43.7 Å². The molecular formula is C43H50N5O8PS. The molecule has 3 amide bonds. The van der Waals surface area contributed by atoms with Crippen LogP contribution in [-0.2, 0) is 34.6 Å². The first kappa shape index (κ1) is 41.4. The maximum atomic E-state index is 14.6. The van der Waals surface area contributed by atoms with E-state index in [0.29, 0.717) is 48.5 Å². The maximum Gasteiger partial charge on any atom is 0.323 e. The second-order valence-electron chi connectivity index (χ2n) is 15.2. The molecule has 0 radical (unpaired) electrons. The molecule has 0 saturated carbocycles. The number of aromatic nitrogens is 1. The number of hydrogen-bond acceptors (Lipinski definition) is 10. The van der Waals surface area contributed by atoms with Gasteiger partial charge in [0.25, 0.3) is 5.91 Å². The summed E-state index contributed by atoms with van der Waals surface area (Å²) in [5, 5.41) is 3.75. The highest BCUT2D eigenvalue weighted by molar-refractivity contribution is 7.56. The summed E-state index contributed by atoms with van der Waals surface area (Å²) >= 11 is 1.28. The van der Waals surface area contributed by atoms with E-state index >= 15 is 0 Å². The van der Waals surface area contributed by atoms with Crippen LogP contribution in [0.3, 0.4) is 0 Å². The number of nitrogens with one attached hydrogen (secondary N) is 1. The lowest BCUT2D eigenvalue weighted by atomic mass is 9.92. The highest BCUT2D eigenvalue weighted by atomic mass is 32.1. The van der Waals surface area contributed by atoms with E-state index < -0.39 is 37.4 Å². The Morgan fingerprint density at radius 1 is 1.03 bits per heavy atom. The number of fused-ring (bicyclic) bond motifs is 2. The van der Waals surface area contributed by atoms with Gasteiger partial charge in [0.15, 0.2) is 0 Å². The minimum Gasteiger partial charge on any atom is -0.465 e. The van der Waals surface area contributed by atoms with Crippen molar-refractivity contribution >= 4 is 58.8 Å². The fraction of sp³-hybridized carbons (Fsp3) is 0.442. The van der Waals surface area contributed by atoms with E-state index in [1.807, 2.05) is 54.4 Å². The summed E-state index contributed by atoms with van der Waals surface area (Å²) in [6, 6.07) is 18.6. The van der Waals surface area contributed by atoms with Crippen LogP contribution in [0, 0.1) is 5.92 Å².